The van der Waals surface area contributed by atoms with E-state index in [1.54, 1.807) is 31.2 Å². The highest BCUT2D eigenvalue weighted by Crippen LogP contribution is 2.27. The third-order valence-corrected chi connectivity index (χ3v) is 4.37. The summed E-state index contributed by atoms with van der Waals surface area (Å²) in [6.07, 6.45) is 0.622. The maximum absolute atomic E-state index is 12.7. The van der Waals surface area contributed by atoms with Gasteiger partial charge in [-0.15, -0.1) is 5.11 Å². The first-order chi connectivity index (χ1) is 14.5. The van der Waals surface area contributed by atoms with Crippen molar-refractivity contribution in [3.63, 3.8) is 0 Å². The minimum atomic E-state index is -0.483. The summed E-state index contributed by atoms with van der Waals surface area (Å²) < 4.78 is 1.15. The Morgan fingerprint density at radius 3 is 2.00 bits per heavy atom. The summed E-state index contributed by atoms with van der Waals surface area (Å²) in [5.41, 5.74) is 1.78. The number of aromatic nitrogens is 1. The fourth-order valence-electron chi connectivity index (χ4n) is 2.79. The van der Waals surface area contributed by atoms with Crippen LogP contribution in [-0.4, -0.2) is 9.67 Å². The zero-order valence-corrected chi connectivity index (χ0v) is 16.6. The third kappa shape index (κ3) is 4.47. The van der Waals surface area contributed by atoms with E-state index in [2.05, 4.69) is 20.5 Å². The number of pyridine rings is 1. The van der Waals surface area contributed by atoms with Crippen molar-refractivity contribution < 1.29 is 5.11 Å². The van der Waals surface area contributed by atoms with Crippen LogP contribution >= 0.6 is 0 Å². The largest absolute Gasteiger partial charge is 0.493 e. The summed E-state index contributed by atoms with van der Waals surface area (Å²) in [6, 6.07) is 18.2. The molecule has 0 unspecified atom stereocenters. The molecule has 0 amide bonds. The van der Waals surface area contributed by atoms with Gasteiger partial charge in [0.25, 0.3) is 5.56 Å². The minimum Gasteiger partial charge on any atom is -0.493 e. The van der Waals surface area contributed by atoms with Crippen molar-refractivity contribution >= 4 is 22.7 Å². The zero-order chi connectivity index (χ0) is 21.5. The lowest BCUT2D eigenvalue weighted by atomic mass is 10.1. The second kappa shape index (κ2) is 9.39. The number of nitrogens with zero attached hydrogens (tertiary/aromatic N) is 6. The van der Waals surface area contributed by atoms with E-state index >= 15 is 0 Å². The molecule has 0 saturated heterocycles. The molecular weight excluding hydrogens is 380 g/mol. The molecule has 0 fully saturated rings. The van der Waals surface area contributed by atoms with Crippen molar-refractivity contribution in [3.8, 4) is 11.9 Å². The quantitative estimate of drug-likeness (QED) is 0.513. The average molecular weight is 400 g/mol. The molecule has 0 aliphatic heterocycles. The molecule has 2 aromatic carbocycles. The molecule has 0 radical (unpaired) electrons. The normalized spacial score (nSPS) is 11.2. The topological polar surface area (TPSA) is 115 Å². The summed E-state index contributed by atoms with van der Waals surface area (Å²) in [4.78, 5) is 12.7. The van der Waals surface area contributed by atoms with E-state index in [4.69, 9.17) is 0 Å². The Kier molecular flexibility index (Phi) is 6.45. The summed E-state index contributed by atoms with van der Waals surface area (Å²) in [5, 5.41) is 36.0. The molecule has 8 nitrogen and oxygen atoms in total. The fraction of sp³-hybridized carbons (Fsp3) is 0.182. The molecule has 1 N–H and O–H groups in total. The Bertz CT molecular complexity index is 1190. The maximum atomic E-state index is 12.7. The fourth-order valence-corrected chi connectivity index (χ4v) is 2.79. The summed E-state index contributed by atoms with van der Waals surface area (Å²) in [7, 11) is 0. The van der Waals surface area contributed by atoms with Gasteiger partial charge in [0.05, 0.1) is 17.1 Å². The van der Waals surface area contributed by atoms with Gasteiger partial charge in [0.15, 0.2) is 5.69 Å². The minimum absolute atomic E-state index is 0.0219. The molecule has 3 aromatic rings. The smallest absolute Gasteiger partial charge is 0.281 e. The van der Waals surface area contributed by atoms with Gasteiger partial charge in [-0.3, -0.25) is 9.36 Å². The first-order valence-electron chi connectivity index (χ1n) is 9.40. The first kappa shape index (κ1) is 20.6. The van der Waals surface area contributed by atoms with Crippen molar-refractivity contribution in [3.05, 3.63) is 76.1 Å². The zero-order valence-electron chi connectivity index (χ0n) is 16.6. The van der Waals surface area contributed by atoms with Gasteiger partial charge in [0.1, 0.15) is 11.6 Å². The standard InChI is InChI=1S/C22H20N6O2/c1-3-13-28-21(29)19(14-23)15(2)20(22(28)30)27-26-18-11-9-17(10-12-18)25-24-16-7-5-4-6-8-16/h4-12,29H,3,13H2,1-2H3. The Balaban J connectivity index is 1.87. The van der Waals surface area contributed by atoms with Crippen molar-refractivity contribution in [2.45, 2.75) is 26.8 Å². The number of azo groups is 2. The van der Waals surface area contributed by atoms with Crippen LogP contribution in [0, 0.1) is 18.3 Å². The molecule has 0 spiro atoms. The molecule has 1 heterocycles. The van der Waals surface area contributed by atoms with Crippen LogP contribution in [0.5, 0.6) is 5.88 Å². The molecule has 0 atom stereocenters. The van der Waals surface area contributed by atoms with E-state index in [-0.39, 0.29) is 23.7 Å². The molecule has 3 rings (SSSR count). The van der Waals surface area contributed by atoms with Crippen LogP contribution in [0.25, 0.3) is 0 Å². The number of aromatic hydroxyl groups is 1. The molecule has 30 heavy (non-hydrogen) atoms. The Labute approximate surface area is 173 Å². The third-order valence-electron chi connectivity index (χ3n) is 4.37. The van der Waals surface area contributed by atoms with Gasteiger partial charge in [0.2, 0.25) is 5.88 Å². The summed E-state index contributed by atoms with van der Waals surface area (Å²) in [5.74, 6) is -0.339. The highest BCUT2D eigenvalue weighted by Gasteiger charge is 2.18. The van der Waals surface area contributed by atoms with Gasteiger partial charge in [-0.2, -0.15) is 20.6 Å². The van der Waals surface area contributed by atoms with E-state index in [9.17, 15) is 15.2 Å². The monoisotopic (exact) mass is 400 g/mol. The lowest BCUT2D eigenvalue weighted by molar-refractivity contribution is 0.402. The van der Waals surface area contributed by atoms with E-state index in [0.717, 1.165) is 10.3 Å². The number of rotatable bonds is 6. The Morgan fingerprint density at radius 2 is 1.47 bits per heavy atom. The van der Waals surface area contributed by atoms with Crippen LogP contribution in [0.1, 0.15) is 24.5 Å². The van der Waals surface area contributed by atoms with Crippen LogP contribution in [0.15, 0.2) is 79.8 Å². The van der Waals surface area contributed by atoms with Gasteiger partial charge < -0.3 is 5.11 Å². The number of nitriles is 1. The highest BCUT2D eigenvalue weighted by molar-refractivity contribution is 5.57. The SMILES string of the molecule is CCCn1c(O)c(C#N)c(C)c(N=Nc2ccc(N=Nc3ccccc3)cc2)c1=O. The number of hydrogen-bond acceptors (Lipinski definition) is 7. The van der Waals surface area contributed by atoms with E-state index in [1.807, 2.05) is 43.3 Å². The maximum Gasteiger partial charge on any atom is 0.281 e. The molecular formula is C22H20N6O2. The molecule has 1 aromatic heterocycles. The van der Waals surface area contributed by atoms with Gasteiger partial charge >= 0.3 is 0 Å². The predicted octanol–water partition coefficient (Wildman–Crippen LogP) is 5.97. The molecule has 0 saturated carbocycles. The van der Waals surface area contributed by atoms with Crippen LogP contribution in [-0.2, 0) is 6.54 Å². The van der Waals surface area contributed by atoms with Crippen molar-refractivity contribution in [2.24, 2.45) is 20.5 Å². The van der Waals surface area contributed by atoms with Gasteiger partial charge in [-0.25, -0.2) is 0 Å². The Morgan fingerprint density at radius 1 is 0.933 bits per heavy atom. The van der Waals surface area contributed by atoms with Gasteiger partial charge in [-0.05, 0) is 49.7 Å². The number of benzene rings is 2. The number of hydrogen-bond donors (Lipinski definition) is 1. The van der Waals surface area contributed by atoms with Gasteiger partial charge in [-0.1, -0.05) is 25.1 Å². The van der Waals surface area contributed by atoms with Crippen LogP contribution in [0.2, 0.25) is 0 Å². The lowest BCUT2D eigenvalue weighted by Gasteiger charge is -2.11. The van der Waals surface area contributed by atoms with Crippen LogP contribution in [0.4, 0.5) is 22.7 Å². The molecule has 0 aliphatic rings. The molecule has 0 aliphatic carbocycles. The van der Waals surface area contributed by atoms with E-state index < -0.39 is 5.56 Å². The molecule has 8 heteroatoms. The van der Waals surface area contributed by atoms with Crippen molar-refractivity contribution in [1.82, 2.24) is 4.57 Å². The second-order valence-corrected chi connectivity index (χ2v) is 6.49. The highest BCUT2D eigenvalue weighted by atomic mass is 16.3. The molecule has 0 bridgehead atoms. The Hall–Kier alpha value is -4.12. The average Bonchev–Trinajstić information content (AvgIpc) is 2.77. The summed E-state index contributed by atoms with van der Waals surface area (Å²) >= 11 is 0. The van der Waals surface area contributed by atoms with Crippen molar-refractivity contribution in [2.75, 3.05) is 0 Å². The molecule has 150 valence electrons. The second-order valence-electron chi connectivity index (χ2n) is 6.49. The lowest BCUT2D eigenvalue weighted by Crippen LogP contribution is -2.21. The van der Waals surface area contributed by atoms with Gasteiger partial charge in [0, 0.05) is 12.1 Å². The van der Waals surface area contributed by atoms with E-state index in [0.29, 0.717) is 23.4 Å². The van der Waals surface area contributed by atoms with Crippen molar-refractivity contribution in [1.29, 1.82) is 5.26 Å². The first-order valence-corrected chi connectivity index (χ1v) is 9.40. The van der Waals surface area contributed by atoms with Crippen LogP contribution in [0.3, 0.4) is 0 Å². The summed E-state index contributed by atoms with van der Waals surface area (Å²) in [6.45, 7) is 3.72. The predicted molar refractivity (Wildman–Crippen MR) is 113 cm³/mol. The van der Waals surface area contributed by atoms with E-state index in [1.165, 1.54) is 0 Å². The van der Waals surface area contributed by atoms with Crippen LogP contribution < -0.4 is 5.56 Å².